The number of rotatable bonds is 7. The highest BCUT2D eigenvalue weighted by atomic mass is 35.5. The minimum Gasteiger partial charge on any atom is -0.456 e. The maximum Gasteiger partial charge on any atom is 0.429 e. The molecule has 0 fully saturated rings. The van der Waals surface area contributed by atoms with E-state index in [0.717, 1.165) is 15.2 Å². The first kappa shape index (κ1) is 26.6. The number of amides is 1. The lowest BCUT2D eigenvalue weighted by molar-refractivity contribution is 0.0459. The molecule has 0 bridgehead atoms. The summed E-state index contributed by atoms with van der Waals surface area (Å²) in [6.45, 7) is -0.0885. The van der Waals surface area contributed by atoms with Gasteiger partial charge in [0.15, 0.2) is 5.69 Å². The molecule has 0 unspecified atom stereocenters. The number of ether oxygens (including phenoxy) is 2. The van der Waals surface area contributed by atoms with Crippen LogP contribution < -0.4 is 10.6 Å². The second-order valence-electron chi connectivity index (χ2n) is 8.89. The van der Waals surface area contributed by atoms with E-state index < -0.39 is 17.6 Å². The van der Waals surface area contributed by atoms with Crippen molar-refractivity contribution in [3.05, 3.63) is 136 Å². The zero-order valence-corrected chi connectivity index (χ0v) is 22.2. The summed E-state index contributed by atoms with van der Waals surface area (Å²) in [5.74, 6) is -0.808. The highest BCUT2D eigenvalue weighted by Crippen LogP contribution is 2.33. The third-order valence-electron chi connectivity index (χ3n) is 6.27. The summed E-state index contributed by atoms with van der Waals surface area (Å²) in [4.78, 5) is 44.9. The van der Waals surface area contributed by atoms with E-state index >= 15 is 0 Å². The Bertz CT molecular complexity index is 1730. The molecule has 0 radical (unpaired) electrons. The van der Waals surface area contributed by atoms with Gasteiger partial charge in [0.2, 0.25) is 0 Å². The van der Waals surface area contributed by atoms with Crippen molar-refractivity contribution in [2.24, 2.45) is 0 Å². The predicted molar refractivity (Wildman–Crippen MR) is 153 cm³/mol. The number of hydrogen-bond acceptors (Lipinski definition) is 6. The van der Waals surface area contributed by atoms with Crippen LogP contribution in [0, 0.1) is 0 Å². The molecule has 1 amide bonds. The van der Waals surface area contributed by atoms with Crippen molar-refractivity contribution in [1.82, 2.24) is 9.66 Å². The van der Waals surface area contributed by atoms with E-state index in [4.69, 9.17) is 21.1 Å². The molecule has 0 aliphatic heterocycles. The number of esters is 1. The van der Waals surface area contributed by atoms with Crippen LogP contribution in [0.25, 0.3) is 21.9 Å². The van der Waals surface area contributed by atoms with E-state index in [2.05, 4.69) is 4.98 Å². The molecule has 0 saturated heterocycles. The molecule has 200 valence electrons. The Morgan fingerprint density at radius 1 is 0.825 bits per heavy atom. The van der Waals surface area contributed by atoms with E-state index in [1.54, 1.807) is 54.9 Å². The van der Waals surface area contributed by atoms with Gasteiger partial charge in [0.1, 0.15) is 13.2 Å². The lowest BCUT2D eigenvalue weighted by Gasteiger charge is -2.25. The Kier molecular flexibility index (Phi) is 7.89. The van der Waals surface area contributed by atoms with Gasteiger partial charge in [-0.25, -0.2) is 19.3 Å². The second-order valence-corrected chi connectivity index (χ2v) is 9.33. The molecule has 3 aromatic carbocycles. The fourth-order valence-electron chi connectivity index (χ4n) is 4.32. The average molecular weight is 554 g/mol. The maximum absolute atomic E-state index is 13.9. The summed E-state index contributed by atoms with van der Waals surface area (Å²) < 4.78 is 12.2. The first-order valence-corrected chi connectivity index (χ1v) is 12.8. The molecule has 0 N–H and O–H groups in total. The molecular weight excluding hydrogens is 530 g/mol. The standard InChI is InChI=1S/C31H24ClN3O5/c1-34(31(38)40-20-21-8-4-2-5-9-21)35-28(30(37)39-19-22-14-16-33-17-15-22)27(23-10-6-3-7-11-23)26-18-24(32)12-13-25(26)29(35)36/h2-18H,19-20H2,1H3. The number of fused-ring (bicyclic) bond motifs is 1. The zero-order valence-electron chi connectivity index (χ0n) is 21.5. The molecule has 0 spiro atoms. The van der Waals surface area contributed by atoms with Gasteiger partial charge >= 0.3 is 12.1 Å². The average Bonchev–Trinajstić information content (AvgIpc) is 2.99. The number of carbonyl (C=O) groups excluding carboxylic acids is 2. The Morgan fingerprint density at radius 2 is 1.45 bits per heavy atom. The van der Waals surface area contributed by atoms with Crippen molar-refractivity contribution in [1.29, 1.82) is 0 Å². The molecule has 9 heteroatoms. The molecular formula is C31H24ClN3O5. The SMILES string of the molecule is CN(C(=O)OCc1ccccc1)n1c(C(=O)OCc2ccncc2)c(-c2ccccc2)c2cc(Cl)ccc2c1=O. The van der Waals surface area contributed by atoms with Crippen LogP contribution >= 0.6 is 11.6 Å². The van der Waals surface area contributed by atoms with E-state index in [1.165, 1.54) is 7.05 Å². The number of hydrogen-bond donors (Lipinski definition) is 0. The van der Waals surface area contributed by atoms with Crippen molar-refractivity contribution in [2.45, 2.75) is 13.2 Å². The lowest BCUT2D eigenvalue weighted by atomic mass is 9.97. The van der Waals surface area contributed by atoms with Crippen molar-refractivity contribution in [3.63, 3.8) is 0 Å². The smallest absolute Gasteiger partial charge is 0.429 e. The van der Waals surface area contributed by atoms with E-state index in [9.17, 15) is 14.4 Å². The molecule has 5 aromatic rings. The third-order valence-corrected chi connectivity index (χ3v) is 6.50. The summed E-state index contributed by atoms with van der Waals surface area (Å²) in [6, 6.07) is 26.4. The molecule has 40 heavy (non-hydrogen) atoms. The topological polar surface area (TPSA) is 90.7 Å². The summed E-state index contributed by atoms with van der Waals surface area (Å²) >= 11 is 6.34. The van der Waals surface area contributed by atoms with Crippen LogP contribution in [0.4, 0.5) is 4.79 Å². The van der Waals surface area contributed by atoms with Gasteiger partial charge in [-0.1, -0.05) is 72.3 Å². The van der Waals surface area contributed by atoms with Gasteiger partial charge in [0, 0.05) is 35.4 Å². The second kappa shape index (κ2) is 11.8. The third kappa shape index (κ3) is 5.57. The number of pyridine rings is 2. The molecule has 0 saturated carbocycles. The van der Waals surface area contributed by atoms with Crippen LogP contribution in [0.2, 0.25) is 5.02 Å². The molecule has 2 aromatic heterocycles. The van der Waals surface area contributed by atoms with Gasteiger partial charge in [0.25, 0.3) is 5.56 Å². The van der Waals surface area contributed by atoms with Crippen molar-refractivity contribution >= 4 is 34.4 Å². The summed E-state index contributed by atoms with van der Waals surface area (Å²) in [5.41, 5.74) is 1.75. The highest BCUT2D eigenvalue weighted by Gasteiger charge is 2.29. The number of benzene rings is 3. The molecule has 0 aliphatic carbocycles. The van der Waals surface area contributed by atoms with Crippen LogP contribution in [0.1, 0.15) is 21.6 Å². The molecule has 0 atom stereocenters. The van der Waals surface area contributed by atoms with Crippen LogP contribution in [-0.4, -0.2) is 28.8 Å². The molecule has 0 aliphatic rings. The van der Waals surface area contributed by atoms with Gasteiger partial charge in [-0.05, 0) is 52.4 Å². The van der Waals surface area contributed by atoms with E-state index in [1.807, 2.05) is 48.5 Å². The van der Waals surface area contributed by atoms with Gasteiger partial charge < -0.3 is 9.47 Å². The normalized spacial score (nSPS) is 10.8. The van der Waals surface area contributed by atoms with Gasteiger partial charge in [0.05, 0.1) is 0 Å². The number of nitrogens with zero attached hydrogens (tertiary/aromatic N) is 3. The van der Waals surface area contributed by atoms with Crippen molar-refractivity contribution in [2.75, 3.05) is 12.1 Å². The first-order chi connectivity index (χ1) is 19.4. The van der Waals surface area contributed by atoms with Crippen molar-refractivity contribution in [3.8, 4) is 11.1 Å². The first-order valence-electron chi connectivity index (χ1n) is 12.4. The Morgan fingerprint density at radius 3 is 2.15 bits per heavy atom. The van der Waals surface area contributed by atoms with Crippen LogP contribution in [0.15, 0.2) is 108 Å². The quantitative estimate of drug-likeness (QED) is 0.230. The minimum atomic E-state index is -0.832. The lowest BCUT2D eigenvalue weighted by Crippen LogP contribution is -2.46. The largest absolute Gasteiger partial charge is 0.456 e. The number of aromatic nitrogens is 2. The van der Waals surface area contributed by atoms with E-state index in [0.29, 0.717) is 27.1 Å². The maximum atomic E-state index is 13.9. The monoisotopic (exact) mass is 553 g/mol. The van der Waals surface area contributed by atoms with Gasteiger partial charge in [-0.2, -0.15) is 0 Å². The minimum absolute atomic E-state index is 0.0185. The Hall–Kier alpha value is -4.95. The predicted octanol–water partition coefficient (Wildman–Crippen LogP) is 5.98. The summed E-state index contributed by atoms with van der Waals surface area (Å²) in [5, 5.41) is 2.07. The highest BCUT2D eigenvalue weighted by molar-refractivity contribution is 6.31. The van der Waals surface area contributed by atoms with Crippen molar-refractivity contribution < 1.29 is 19.1 Å². The molecule has 2 heterocycles. The van der Waals surface area contributed by atoms with Crippen LogP contribution in [0.5, 0.6) is 0 Å². The van der Waals surface area contributed by atoms with Crippen LogP contribution in [0.3, 0.4) is 0 Å². The van der Waals surface area contributed by atoms with Crippen LogP contribution in [-0.2, 0) is 22.7 Å². The van der Waals surface area contributed by atoms with Gasteiger partial charge in [-0.3, -0.25) is 9.78 Å². The Balaban J connectivity index is 1.66. The fraction of sp³-hybridized carbons (Fsp3) is 0.0968. The fourth-order valence-corrected chi connectivity index (χ4v) is 4.49. The number of carbonyl (C=O) groups is 2. The summed E-state index contributed by atoms with van der Waals surface area (Å²) in [6.07, 6.45) is 2.34. The number of halogens is 1. The van der Waals surface area contributed by atoms with Gasteiger partial charge in [-0.15, -0.1) is 0 Å². The Labute approximate surface area is 235 Å². The summed E-state index contributed by atoms with van der Waals surface area (Å²) in [7, 11) is 1.37. The molecule has 5 rings (SSSR count). The zero-order chi connectivity index (χ0) is 28.1. The molecule has 8 nitrogen and oxygen atoms in total. The van der Waals surface area contributed by atoms with E-state index in [-0.39, 0.29) is 24.3 Å².